The molecule has 0 bridgehead atoms. The van der Waals surface area contributed by atoms with Crippen LogP contribution in [0.4, 0.5) is 0 Å². The van der Waals surface area contributed by atoms with E-state index in [1.165, 1.54) is 47.8 Å². The second-order valence-corrected chi connectivity index (χ2v) is 6.94. The summed E-state index contributed by atoms with van der Waals surface area (Å²) in [5.74, 6) is 0. The molecule has 0 saturated carbocycles. The molecule has 1 aromatic carbocycles. The standard InChI is InChI=1S/C19H25NS/c1-2-20-17(12-15-8-4-3-5-9-15)13-16-14-21-19-11-7-6-10-18(16)19/h6-8,10-11,14,17,20H,2-5,9,12-13H2,1H3. The Balaban J connectivity index is 1.73. The second-order valence-electron chi connectivity index (χ2n) is 6.03. The molecule has 0 radical (unpaired) electrons. The van der Waals surface area contributed by atoms with Crippen molar-refractivity contribution < 1.29 is 0 Å². The van der Waals surface area contributed by atoms with E-state index in [1.807, 2.05) is 11.3 Å². The van der Waals surface area contributed by atoms with Crippen LogP contribution in [0.15, 0.2) is 41.3 Å². The molecule has 1 aromatic heterocycles. The highest BCUT2D eigenvalue weighted by molar-refractivity contribution is 7.17. The molecule has 112 valence electrons. The summed E-state index contributed by atoms with van der Waals surface area (Å²) in [7, 11) is 0. The number of allylic oxidation sites excluding steroid dienone is 1. The zero-order valence-electron chi connectivity index (χ0n) is 12.9. The first-order valence-corrected chi connectivity index (χ1v) is 9.11. The summed E-state index contributed by atoms with van der Waals surface area (Å²) in [6.07, 6.45) is 10.2. The van der Waals surface area contributed by atoms with Crippen LogP contribution in [0.1, 0.15) is 44.6 Å². The van der Waals surface area contributed by atoms with E-state index in [4.69, 9.17) is 0 Å². The van der Waals surface area contributed by atoms with E-state index in [1.54, 1.807) is 5.57 Å². The average molecular weight is 299 g/mol. The zero-order chi connectivity index (χ0) is 14.5. The number of fused-ring (bicyclic) bond motifs is 1. The summed E-state index contributed by atoms with van der Waals surface area (Å²) in [6.45, 7) is 3.27. The number of hydrogen-bond donors (Lipinski definition) is 1. The number of rotatable bonds is 6. The molecule has 2 heteroatoms. The Bertz CT molecular complexity index is 611. The van der Waals surface area contributed by atoms with Crippen LogP contribution >= 0.6 is 11.3 Å². The summed E-state index contributed by atoms with van der Waals surface area (Å²) in [5.41, 5.74) is 3.18. The van der Waals surface area contributed by atoms with Crippen molar-refractivity contribution in [2.45, 2.75) is 51.5 Å². The fourth-order valence-electron chi connectivity index (χ4n) is 3.37. The van der Waals surface area contributed by atoms with E-state index in [2.05, 4.69) is 48.0 Å². The summed E-state index contributed by atoms with van der Waals surface area (Å²) in [4.78, 5) is 0. The Morgan fingerprint density at radius 3 is 2.90 bits per heavy atom. The maximum absolute atomic E-state index is 3.70. The lowest BCUT2D eigenvalue weighted by molar-refractivity contribution is 0.505. The number of nitrogens with one attached hydrogen (secondary N) is 1. The molecule has 1 aliphatic carbocycles. The van der Waals surface area contributed by atoms with Gasteiger partial charge in [0.2, 0.25) is 0 Å². The maximum Gasteiger partial charge on any atom is 0.0345 e. The first kappa shape index (κ1) is 14.8. The third kappa shape index (κ3) is 3.75. The highest BCUT2D eigenvalue weighted by Crippen LogP contribution is 2.28. The van der Waals surface area contributed by atoms with Gasteiger partial charge in [-0.2, -0.15) is 0 Å². The van der Waals surface area contributed by atoms with Gasteiger partial charge in [-0.05, 0) is 67.5 Å². The van der Waals surface area contributed by atoms with Gasteiger partial charge in [0, 0.05) is 10.7 Å². The average Bonchev–Trinajstić information content (AvgIpc) is 2.92. The first-order chi connectivity index (χ1) is 10.4. The van der Waals surface area contributed by atoms with Crippen molar-refractivity contribution in [1.82, 2.24) is 5.32 Å². The fourth-order valence-corrected chi connectivity index (χ4v) is 4.34. The molecule has 1 heterocycles. The molecular weight excluding hydrogens is 274 g/mol. The van der Waals surface area contributed by atoms with Crippen molar-refractivity contribution >= 4 is 21.4 Å². The van der Waals surface area contributed by atoms with Crippen LogP contribution in [0.2, 0.25) is 0 Å². The SMILES string of the molecule is CCNC(CC1=CCCCC1)Cc1csc2ccccc12. The summed E-state index contributed by atoms with van der Waals surface area (Å²) in [5, 5.41) is 7.50. The Kier molecular flexibility index (Phi) is 5.10. The molecule has 0 saturated heterocycles. The second kappa shape index (κ2) is 7.24. The van der Waals surface area contributed by atoms with Gasteiger partial charge < -0.3 is 5.32 Å². The Morgan fingerprint density at radius 2 is 2.10 bits per heavy atom. The summed E-state index contributed by atoms with van der Waals surface area (Å²) >= 11 is 1.88. The molecule has 1 aliphatic rings. The highest BCUT2D eigenvalue weighted by atomic mass is 32.1. The molecule has 0 aliphatic heterocycles. The largest absolute Gasteiger partial charge is 0.314 e. The molecule has 1 N–H and O–H groups in total. The van der Waals surface area contributed by atoms with E-state index >= 15 is 0 Å². The molecule has 1 unspecified atom stereocenters. The predicted molar refractivity (Wildman–Crippen MR) is 94.2 cm³/mol. The van der Waals surface area contributed by atoms with Crippen LogP contribution in [0.3, 0.4) is 0 Å². The van der Waals surface area contributed by atoms with E-state index < -0.39 is 0 Å². The number of benzene rings is 1. The van der Waals surface area contributed by atoms with Crippen LogP contribution in [0.5, 0.6) is 0 Å². The van der Waals surface area contributed by atoms with E-state index in [0.29, 0.717) is 6.04 Å². The number of thiophene rings is 1. The summed E-state index contributed by atoms with van der Waals surface area (Å²) < 4.78 is 1.42. The van der Waals surface area contributed by atoms with E-state index in [-0.39, 0.29) is 0 Å². The van der Waals surface area contributed by atoms with Crippen molar-refractivity contribution in [3.63, 3.8) is 0 Å². The fraction of sp³-hybridized carbons (Fsp3) is 0.474. The van der Waals surface area contributed by atoms with Crippen LogP contribution in [0, 0.1) is 0 Å². The molecule has 2 aromatic rings. The Morgan fingerprint density at radius 1 is 1.19 bits per heavy atom. The van der Waals surface area contributed by atoms with Gasteiger partial charge in [-0.25, -0.2) is 0 Å². The minimum Gasteiger partial charge on any atom is -0.314 e. The molecular formula is C19H25NS. The van der Waals surface area contributed by atoms with Crippen molar-refractivity contribution in [3.05, 3.63) is 46.9 Å². The van der Waals surface area contributed by atoms with Crippen molar-refractivity contribution in [2.75, 3.05) is 6.54 Å². The minimum absolute atomic E-state index is 0.581. The van der Waals surface area contributed by atoms with Crippen molar-refractivity contribution in [3.8, 4) is 0 Å². The smallest absolute Gasteiger partial charge is 0.0345 e. The lowest BCUT2D eigenvalue weighted by Gasteiger charge is -2.21. The lowest BCUT2D eigenvalue weighted by atomic mass is 9.92. The normalized spacial score (nSPS) is 16.9. The van der Waals surface area contributed by atoms with Crippen LogP contribution < -0.4 is 5.32 Å². The Hall–Kier alpha value is -1.12. The van der Waals surface area contributed by atoms with Crippen molar-refractivity contribution in [1.29, 1.82) is 0 Å². The first-order valence-electron chi connectivity index (χ1n) is 8.23. The van der Waals surface area contributed by atoms with Crippen molar-refractivity contribution in [2.24, 2.45) is 0 Å². The van der Waals surface area contributed by atoms with Crippen LogP contribution in [-0.2, 0) is 6.42 Å². The van der Waals surface area contributed by atoms with Gasteiger partial charge >= 0.3 is 0 Å². The molecule has 1 nitrogen and oxygen atoms in total. The lowest BCUT2D eigenvalue weighted by Crippen LogP contribution is -2.31. The van der Waals surface area contributed by atoms with E-state index in [0.717, 1.165) is 13.0 Å². The van der Waals surface area contributed by atoms with Gasteiger partial charge in [0.1, 0.15) is 0 Å². The van der Waals surface area contributed by atoms with Gasteiger partial charge in [-0.15, -0.1) is 11.3 Å². The quantitative estimate of drug-likeness (QED) is 0.712. The molecule has 21 heavy (non-hydrogen) atoms. The third-order valence-corrected chi connectivity index (χ3v) is 5.43. The zero-order valence-corrected chi connectivity index (χ0v) is 13.7. The van der Waals surface area contributed by atoms with Crippen LogP contribution in [-0.4, -0.2) is 12.6 Å². The number of likely N-dealkylation sites (N-methyl/N-ethyl adjacent to an activating group) is 1. The molecule has 3 rings (SSSR count). The minimum atomic E-state index is 0.581. The topological polar surface area (TPSA) is 12.0 Å². The van der Waals surface area contributed by atoms with Gasteiger partial charge in [-0.1, -0.05) is 36.8 Å². The van der Waals surface area contributed by atoms with Gasteiger partial charge in [0.25, 0.3) is 0 Å². The van der Waals surface area contributed by atoms with Crippen LogP contribution in [0.25, 0.3) is 10.1 Å². The van der Waals surface area contributed by atoms with E-state index in [9.17, 15) is 0 Å². The van der Waals surface area contributed by atoms with Gasteiger partial charge in [0.05, 0.1) is 0 Å². The molecule has 0 fully saturated rings. The number of hydrogen-bond acceptors (Lipinski definition) is 2. The Labute approximate surface area is 132 Å². The van der Waals surface area contributed by atoms with Gasteiger partial charge in [0.15, 0.2) is 0 Å². The molecule has 0 amide bonds. The third-order valence-electron chi connectivity index (χ3n) is 4.41. The maximum atomic E-state index is 3.70. The monoisotopic (exact) mass is 299 g/mol. The molecule has 1 atom stereocenters. The predicted octanol–water partition coefficient (Wildman–Crippen LogP) is 5.31. The van der Waals surface area contributed by atoms with Gasteiger partial charge in [-0.3, -0.25) is 0 Å². The summed E-state index contributed by atoms with van der Waals surface area (Å²) in [6, 6.07) is 9.37. The highest BCUT2D eigenvalue weighted by Gasteiger charge is 2.14. The molecule has 0 spiro atoms.